The Morgan fingerprint density at radius 3 is 2.40 bits per heavy atom. The Morgan fingerprint density at radius 2 is 1.80 bits per heavy atom. The summed E-state index contributed by atoms with van der Waals surface area (Å²) in [4.78, 5) is 11.2. The molecule has 15 heavy (non-hydrogen) atoms. The van der Waals surface area contributed by atoms with Gasteiger partial charge in [0.15, 0.2) is 0 Å². The average molecular weight is 212 g/mol. The highest BCUT2D eigenvalue weighted by Crippen LogP contribution is 2.21. The van der Waals surface area contributed by atoms with E-state index in [4.69, 9.17) is 4.74 Å². The molecule has 0 bridgehead atoms. The molecule has 0 aromatic carbocycles. The first-order valence-electron chi connectivity index (χ1n) is 6.51. The van der Waals surface area contributed by atoms with Crippen molar-refractivity contribution in [2.45, 2.75) is 64.7 Å². The summed E-state index contributed by atoms with van der Waals surface area (Å²) in [5.74, 6) is 0.265. The second-order valence-electron chi connectivity index (χ2n) is 4.56. The van der Waals surface area contributed by atoms with Crippen molar-refractivity contribution in [3.8, 4) is 0 Å². The fraction of sp³-hybridized carbons (Fsp3) is 0.923. The van der Waals surface area contributed by atoms with Gasteiger partial charge in [0.1, 0.15) is 0 Å². The van der Waals surface area contributed by atoms with E-state index in [1.165, 1.54) is 44.9 Å². The summed E-state index contributed by atoms with van der Waals surface area (Å²) in [6.45, 7) is 2.89. The van der Waals surface area contributed by atoms with Crippen LogP contribution in [0.2, 0.25) is 0 Å². The van der Waals surface area contributed by atoms with E-state index in [1.807, 2.05) is 0 Å². The van der Waals surface area contributed by atoms with Gasteiger partial charge in [-0.25, -0.2) is 0 Å². The van der Waals surface area contributed by atoms with Crippen LogP contribution in [0, 0.1) is 5.92 Å². The van der Waals surface area contributed by atoms with E-state index in [0.717, 1.165) is 12.8 Å². The minimum absolute atomic E-state index is 0.0426. The van der Waals surface area contributed by atoms with Crippen molar-refractivity contribution >= 4 is 5.97 Å². The zero-order valence-electron chi connectivity index (χ0n) is 9.96. The van der Waals surface area contributed by atoms with Crippen LogP contribution in [0.25, 0.3) is 0 Å². The number of rotatable bonds is 8. The lowest BCUT2D eigenvalue weighted by Crippen LogP contribution is -2.06. The molecule has 1 fully saturated rings. The fourth-order valence-corrected chi connectivity index (χ4v) is 2.15. The van der Waals surface area contributed by atoms with E-state index >= 15 is 0 Å². The molecule has 88 valence electrons. The Balaban J connectivity index is 1.86. The van der Waals surface area contributed by atoms with E-state index in [2.05, 4.69) is 6.92 Å². The lowest BCUT2D eigenvalue weighted by molar-refractivity contribution is -0.141. The second kappa shape index (κ2) is 7.72. The number of ether oxygens (including phenoxy) is 1. The molecule has 1 aliphatic heterocycles. The van der Waals surface area contributed by atoms with E-state index < -0.39 is 0 Å². The first-order valence-corrected chi connectivity index (χ1v) is 6.51. The number of carbonyl (C=O) groups excluding carboxylic acids is 1. The molecule has 0 radical (unpaired) electrons. The maximum atomic E-state index is 11.2. The highest BCUT2D eigenvalue weighted by atomic mass is 16.5. The van der Waals surface area contributed by atoms with Crippen molar-refractivity contribution in [2.24, 2.45) is 5.92 Å². The third kappa shape index (κ3) is 5.19. The molecule has 0 spiro atoms. The Morgan fingerprint density at radius 1 is 1.13 bits per heavy atom. The third-order valence-electron chi connectivity index (χ3n) is 3.20. The minimum atomic E-state index is 0.0426. The van der Waals surface area contributed by atoms with Crippen LogP contribution < -0.4 is 0 Å². The highest BCUT2D eigenvalue weighted by Gasteiger charge is 2.25. The Labute approximate surface area is 93.4 Å². The average Bonchev–Trinajstić information content (AvgIpc) is 2.63. The number of hydrogen-bond donors (Lipinski definition) is 0. The van der Waals surface area contributed by atoms with Crippen molar-refractivity contribution in [1.82, 2.24) is 0 Å². The van der Waals surface area contributed by atoms with Gasteiger partial charge >= 0.3 is 5.97 Å². The van der Waals surface area contributed by atoms with Gasteiger partial charge in [-0.2, -0.15) is 0 Å². The largest absolute Gasteiger partial charge is 0.465 e. The molecule has 1 heterocycles. The quantitative estimate of drug-likeness (QED) is 0.453. The molecule has 1 rings (SSSR count). The lowest BCUT2D eigenvalue weighted by Gasteiger charge is -2.04. The summed E-state index contributed by atoms with van der Waals surface area (Å²) in [5.41, 5.74) is 0. The predicted octanol–water partition coefficient (Wildman–Crippen LogP) is 3.69. The molecule has 0 amide bonds. The maximum absolute atomic E-state index is 11.2. The van der Waals surface area contributed by atoms with E-state index in [0.29, 0.717) is 6.61 Å². The normalized spacial score (nSPS) is 20.6. The highest BCUT2D eigenvalue weighted by molar-refractivity contribution is 5.73. The maximum Gasteiger partial charge on any atom is 0.309 e. The van der Waals surface area contributed by atoms with Crippen molar-refractivity contribution in [2.75, 3.05) is 6.61 Å². The van der Waals surface area contributed by atoms with Gasteiger partial charge in [-0.1, -0.05) is 51.9 Å². The molecule has 1 aliphatic rings. The van der Waals surface area contributed by atoms with Crippen LogP contribution in [0.4, 0.5) is 0 Å². The summed E-state index contributed by atoms with van der Waals surface area (Å²) in [7, 11) is 0. The van der Waals surface area contributed by atoms with Crippen LogP contribution in [-0.2, 0) is 9.53 Å². The fourth-order valence-electron chi connectivity index (χ4n) is 2.15. The molecule has 1 saturated heterocycles. The SMILES string of the molecule is CCCCCCCCCC1CCOC1=O. The van der Waals surface area contributed by atoms with Gasteiger partial charge < -0.3 is 4.74 Å². The monoisotopic (exact) mass is 212 g/mol. The smallest absolute Gasteiger partial charge is 0.309 e. The molecule has 1 atom stereocenters. The number of hydrogen-bond acceptors (Lipinski definition) is 2. The van der Waals surface area contributed by atoms with Crippen LogP contribution in [0.5, 0.6) is 0 Å². The van der Waals surface area contributed by atoms with Gasteiger partial charge in [-0.3, -0.25) is 4.79 Å². The molecule has 1 unspecified atom stereocenters. The molecule has 2 nitrogen and oxygen atoms in total. The topological polar surface area (TPSA) is 26.3 Å². The van der Waals surface area contributed by atoms with Crippen molar-refractivity contribution in [3.05, 3.63) is 0 Å². The van der Waals surface area contributed by atoms with Gasteiger partial charge in [0.25, 0.3) is 0 Å². The zero-order valence-corrected chi connectivity index (χ0v) is 9.96. The minimum Gasteiger partial charge on any atom is -0.465 e. The molecule has 0 N–H and O–H groups in total. The standard InChI is InChI=1S/C13H24O2/c1-2-3-4-5-6-7-8-9-12-10-11-15-13(12)14/h12H,2-11H2,1H3. The van der Waals surface area contributed by atoms with Gasteiger partial charge in [-0.05, 0) is 12.8 Å². The van der Waals surface area contributed by atoms with Gasteiger partial charge in [-0.15, -0.1) is 0 Å². The van der Waals surface area contributed by atoms with Crippen molar-refractivity contribution in [3.63, 3.8) is 0 Å². The van der Waals surface area contributed by atoms with Crippen molar-refractivity contribution in [1.29, 1.82) is 0 Å². The van der Waals surface area contributed by atoms with Crippen LogP contribution in [0.15, 0.2) is 0 Å². The Bertz CT molecular complexity index is 177. The summed E-state index contributed by atoms with van der Waals surface area (Å²) in [6.07, 6.45) is 11.2. The summed E-state index contributed by atoms with van der Waals surface area (Å²) >= 11 is 0. The summed E-state index contributed by atoms with van der Waals surface area (Å²) in [6, 6.07) is 0. The van der Waals surface area contributed by atoms with Crippen LogP contribution in [0.3, 0.4) is 0 Å². The van der Waals surface area contributed by atoms with Gasteiger partial charge in [0, 0.05) is 0 Å². The van der Waals surface area contributed by atoms with E-state index in [9.17, 15) is 4.79 Å². The Hall–Kier alpha value is -0.530. The molecule has 0 saturated carbocycles. The van der Waals surface area contributed by atoms with Crippen LogP contribution in [-0.4, -0.2) is 12.6 Å². The van der Waals surface area contributed by atoms with Gasteiger partial charge in [0.2, 0.25) is 0 Å². The molecule has 0 aromatic heterocycles. The number of esters is 1. The van der Waals surface area contributed by atoms with E-state index in [-0.39, 0.29) is 11.9 Å². The first kappa shape index (κ1) is 12.5. The number of carbonyl (C=O) groups is 1. The summed E-state index contributed by atoms with van der Waals surface area (Å²) < 4.78 is 4.94. The first-order chi connectivity index (χ1) is 7.34. The van der Waals surface area contributed by atoms with Crippen molar-refractivity contribution < 1.29 is 9.53 Å². The van der Waals surface area contributed by atoms with Crippen LogP contribution >= 0.6 is 0 Å². The predicted molar refractivity (Wildman–Crippen MR) is 61.7 cm³/mol. The second-order valence-corrected chi connectivity index (χ2v) is 4.56. The van der Waals surface area contributed by atoms with Crippen LogP contribution in [0.1, 0.15) is 64.7 Å². The molecule has 2 heteroatoms. The molecular formula is C13H24O2. The third-order valence-corrected chi connectivity index (χ3v) is 3.20. The summed E-state index contributed by atoms with van der Waals surface area (Å²) in [5, 5.41) is 0. The molecular weight excluding hydrogens is 188 g/mol. The molecule has 0 aromatic rings. The number of unbranched alkanes of at least 4 members (excludes halogenated alkanes) is 6. The lowest BCUT2D eigenvalue weighted by atomic mass is 9.99. The zero-order chi connectivity index (χ0) is 10.9. The molecule has 0 aliphatic carbocycles. The van der Waals surface area contributed by atoms with E-state index in [1.54, 1.807) is 0 Å². The Kier molecular flexibility index (Phi) is 6.45. The number of cyclic esters (lactones) is 1. The van der Waals surface area contributed by atoms with Gasteiger partial charge in [0.05, 0.1) is 12.5 Å².